The SMILES string of the molecule is COCOc1c(-c2cc(C(C)(C)C)cc(C(C)(C)C)c2)cc(C)cc1-c1ccccc1B1OC(C)(C)C(C)(C)O1. The monoisotopic (exact) mass is 542 g/mol. The van der Waals surface area contributed by atoms with Gasteiger partial charge in [-0.15, -0.1) is 0 Å². The van der Waals surface area contributed by atoms with Crippen LogP contribution in [0.15, 0.2) is 54.6 Å². The van der Waals surface area contributed by atoms with Gasteiger partial charge >= 0.3 is 7.12 Å². The minimum atomic E-state index is -0.489. The second-order valence-electron chi connectivity index (χ2n) is 14.2. The summed E-state index contributed by atoms with van der Waals surface area (Å²) in [6.45, 7) is 24.2. The molecule has 0 spiro atoms. The molecule has 1 aliphatic heterocycles. The first-order valence-corrected chi connectivity index (χ1v) is 14.3. The van der Waals surface area contributed by atoms with Crippen molar-refractivity contribution < 1.29 is 18.8 Å². The maximum atomic E-state index is 6.50. The first-order valence-electron chi connectivity index (χ1n) is 14.3. The molecule has 1 fully saturated rings. The van der Waals surface area contributed by atoms with E-state index in [1.807, 2.05) is 6.07 Å². The molecular weight excluding hydrogens is 495 g/mol. The summed E-state index contributed by atoms with van der Waals surface area (Å²) < 4.78 is 24.8. The Hall–Kier alpha value is -2.60. The van der Waals surface area contributed by atoms with Crippen LogP contribution in [-0.2, 0) is 24.9 Å². The number of rotatable bonds is 6. The number of benzene rings is 3. The average molecular weight is 543 g/mol. The molecule has 40 heavy (non-hydrogen) atoms. The predicted molar refractivity (Wildman–Crippen MR) is 168 cm³/mol. The lowest BCUT2D eigenvalue weighted by atomic mass is 9.73. The van der Waals surface area contributed by atoms with E-state index >= 15 is 0 Å². The van der Waals surface area contributed by atoms with E-state index in [0.717, 1.165) is 39.0 Å². The Kier molecular flexibility index (Phi) is 8.10. The molecule has 5 heteroatoms. The molecule has 1 heterocycles. The Morgan fingerprint density at radius 1 is 0.725 bits per heavy atom. The van der Waals surface area contributed by atoms with E-state index in [4.69, 9.17) is 18.8 Å². The molecule has 3 aromatic rings. The summed E-state index contributed by atoms with van der Waals surface area (Å²) in [5, 5.41) is 0. The molecule has 1 saturated heterocycles. The minimum Gasteiger partial charge on any atom is -0.466 e. The van der Waals surface area contributed by atoms with E-state index in [2.05, 4.69) is 125 Å². The summed E-state index contributed by atoms with van der Waals surface area (Å²) in [7, 11) is 1.17. The first-order chi connectivity index (χ1) is 18.4. The molecule has 4 nitrogen and oxygen atoms in total. The number of methoxy groups -OCH3 is 1. The zero-order chi connectivity index (χ0) is 29.7. The van der Waals surface area contributed by atoms with E-state index in [1.165, 1.54) is 11.1 Å². The van der Waals surface area contributed by atoms with Gasteiger partial charge in [0.2, 0.25) is 0 Å². The smallest absolute Gasteiger partial charge is 0.466 e. The number of ether oxygens (including phenoxy) is 2. The van der Waals surface area contributed by atoms with Gasteiger partial charge in [-0.1, -0.05) is 84.0 Å². The fraction of sp³-hybridized carbons (Fsp3) is 0.486. The van der Waals surface area contributed by atoms with Gasteiger partial charge in [0.15, 0.2) is 6.79 Å². The van der Waals surface area contributed by atoms with Crippen LogP contribution in [0.25, 0.3) is 22.3 Å². The zero-order valence-electron chi connectivity index (χ0n) is 26.6. The quantitative estimate of drug-likeness (QED) is 0.232. The van der Waals surface area contributed by atoms with Gasteiger partial charge in [-0.3, -0.25) is 0 Å². The van der Waals surface area contributed by atoms with Crippen LogP contribution in [0.5, 0.6) is 5.75 Å². The Morgan fingerprint density at radius 3 is 1.77 bits per heavy atom. The number of hydrogen-bond donors (Lipinski definition) is 0. The zero-order valence-corrected chi connectivity index (χ0v) is 26.6. The molecule has 0 aliphatic carbocycles. The Labute approximate surface area is 242 Å². The highest BCUT2D eigenvalue weighted by molar-refractivity contribution is 6.64. The third-order valence-corrected chi connectivity index (χ3v) is 8.29. The largest absolute Gasteiger partial charge is 0.495 e. The normalized spacial score (nSPS) is 16.9. The van der Waals surface area contributed by atoms with Crippen molar-refractivity contribution in [3.8, 4) is 28.0 Å². The van der Waals surface area contributed by atoms with E-state index in [0.29, 0.717) is 0 Å². The Morgan fingerprint density at radius 2 is 1.25 bits per heavy atom. The van der Waals surface area contributed by atoms with Gasteiger partial charge in [0.1, 0.15) is 5.75 Å². The van der Waals surface area contributed by atoms with Crippen LogP contribution >= 0.6 is 0 Å². The van der Waals surface area contributed by atoms with E-state index in [9.17, 15) is 0 Å². The van der Waals surface area contributed by atoms with Crippen molar-refractivity contribution in [2.45, 2.75) is 98.2 Å². The molecule has 214 valence electrons. The number of aryl methyl sites for hydroxylation is 1. The maximum Gasteiger partial charge on any atom is 0.495 e. The summed E-state index contributed by atoms with van der Waals surface area (Å²) in [5.74, 6) is 0.794. The summed E-state index contributed by atoms with van der Waals surface area (Å²) in [4.78, 5) is 0. The van der Waals surface area contributed by atoms with Crippen molar-refractivity contribution in [1.29, 1.82) is 0 Å². The highest BCUT2D eigenvalue weighted by Crippen LogP contribution is 2.44. The fourth-order valence-electron chi connectivity index (χ4n) is 5.03. The average Bonchev–Trinajstić information content (AvgIpc) is 3.07. The second kappa shape index (κ2) is 10.7. The molecule has 0 saturated carbocycles. The van der Waals surface area contributed by atoms with Gasteiger partial charge in [0.25, 0.3) is 0 Å². The van der Waals surface area contributed by atoms with E-state index in [1.54, 1.807) is 7.11 Å². The summed E-state index contributed by atoms with van der Waals surface area (Å²) >= 11 is 0. The van der Waals surface area contributed by atoms with Gasteiger partial charge in [-0.25, -0.2) is 0 Å². The van der Waals surface area contributed by atoms with Crippen LogP contribution in [0.4, 0.5) is 0 Å². The summed E-state index contributed by atoms with van der Waals surface area (Å²) in [6, 6.07) is 19.7. The van der Waals surface area contributed by atoms with Crippen molar-refractivity contribution in [2.24, 2.45) is 0 Å². The van der Waals surface area contributed by atoms with Crippen molar-refractivity contribution in [3.05, 3.63) is 71.3 Å². The lowest BCUT2D eigenvalue weighted by molar-refractivity contribution is 0.00578. The molecule has 0 N–H and O–H groups in total. The van der Waals surface area contributed by atoms with Gasteiger partial charge < -0.3 is 18.8 Å². The van der Waals surface area contributed by atoms with Crippen LogP contribution < -0.4 is 10.2 Å². The molecule has 0 atom stereocenters. The predicted octanol–water partition coefficient (Wildman–Crippen LogP) is 8.21. The molecular formula is C35H47BO4. The molecule has 4 rings (SSSR count). The van der Waals surface area contributed by atoms with E-state index < -0.39 is 18.3 Å². The third-order valence-electron chi connectivity index (χ3n) is 8.29. The van der Waals surface area contributed by atoms with E-state index in [-0.39, 0.29) is 17.6 Å². The first kappa shape index (κ1) is 30.4. The van der Waals surface area contributed by atoms with Gasteiger partial charge in [-0.2, -0.15) is 0 Å². The van der Waals surface area contributed by atoms with Crippen molar-refractivity contribution in [2.75, 3.05) is 13.9 Å². The number of hydrogen-bond acceptors (Lipinski definition) is 4. The Bertz CT molecular complexity index is 1330. The lowest BCUT2D eigenvalue weighted by Gasteiger charge is -2.32. The third kappa shape index (κ3) is 6.02. The minimum absolute atomic E-state index is 0.000424. The molecule has 0 unspecified atom stereocenters. The highest BCUT2D eigenvalue weighted by atomic mass is 16.7. The van der Waals surface area contributed by atoms with Crippen molar-refractivity contribution in [3.63, 3.8) is 0 Å². The fourth-order valence-corrected chi connectivity index (χ4v) is 5.03. The highest BCUT2D eigenvalue weighted by Gasteiger charge is 2.52. The van der Waals surface area contributed by atoms with Gasteiger partial charge in [0, 0.05) is 18.2 Å². The maximum absolute atomic E-state index is 6.50. The summed E-state index contributed by atoms with van der Waals surface area (Å²) in [6.07, 6.45) is 0. The molecule has 0 amide bonds. The van der Waals surface area contributed by atoms with Crippen molar-refractivity contribution in [1.82, 2.24) is 0 Å². The van der Waals surface area contributed by atoms with Crippen LogP contribution in [0.3, 0.4) is 0 Å². The summed E-state index contributed by atoms with van der Waals surface area (Å²) in [5.41, 5.74) is 8.07. The van der Waals surface area contributed by atoms with Gasteiger partial charge in [-0.05, 0) is 90.9 Å². The topological polar surface area (TPSA) is 36.9 Å². The van der Waals surface area contributed by atoms with Crippen LogP contribution in [-0.4, -0.2) is 32.2 Å². The van der Waals surface area contributed by atoms with Crippen molar-refractivity contribution >= 4 is 12.6 Å². The molecule has 0 bridgehead atoms. The molecule has 1 aliphatic rings. The molecule has 3 aromatic carbocycles. The Balaban J connectivity index is 1.98. The standard InChI is InChI=1S/C35H47BO4/c1-23-17-28(24-19-25(32(2,3)4)21-26(20-24)33(5,6)7)31(38-22-37-12)29(18-23)27-15-13-14-16-30(27)36-39-34(8,9)35(10,11)40-36/h13-21H,22H2,1-12H3. The lowest BCUT2D eigenvalue weighted by Crippen LogP contribution is -2.41. The van der Waals surface area contributed by atoms with Gasteiger partial charge in [0.05, 0.1) is 11.2 Å². The molecule has 0 aromatic heterocycles. The molecule has 0 radical (unpaired) electrons. The van der Waals surface area contributed by atoms with Crippen LogP contribution in [0.1, 0.15) is 85.9 Å². The van der Waals surface area contributed by atoms with Crippen LogP contribution in [0.2, 0.25) is 0 Å². The van der Waals surface area contributed by atoms with Crippen LogP contribution in [0, 0.1) is 6.92 Å². The second-order valence-corrected chi connectivity index (χ2v) is 14.2.